The molecule has 2 aromatic rings. The summed E-state index contributed by atoms with van der Waals surface area (Å²) in [6.07, 6.45) is 5.35. The van der Waals surface area contributed by atoms with E-state index in [9.17, 15) is 4.79 Å². The van der Waals surface area contributed by atoms with Crippen LogP contribution in [0, 0.1) is 0 Å². The van der Waals surface area contributed by atoms with Crippen molar-refractivity contribution in [2.24, 2.45) is 0 Å². The number of rotatable bonds is 8. The first kappa shape index (κ1) is 17.9. The van der Waals surface area contributed by atoms with E-state index in [2.05, 4.69) is 34.0 Å². The van der Waals surface area contributed by atoms with Crippen molar-refractivity contribution in [3.63, 3.8) is 0 Å². The Kier molecular flexibility index (Phi) is 6.73. The standard InChI is InChI=1S/C19H26N4O/c1-4-11-23(12-5-2)18-14-20-17(13-21-18)19(24)22-15(3)16-9-7-6-8-10-16/h6-10,13-15H,4-5,11-12H2,1-3H3,(H,22,24). The van der Waals surface area contributed by atoms with Crippen LogP contribution < -0.4 is 10.2 Å². The van der Waals surface area contributed by atoms with E-state index in [4.69, 9.17) is 0 Å². The van der Waals surface area contributed by atoms with E-state index in [1.165, 1.54) is 0 Å². The molecule has 0 spiro atoms. The third-order valence-electron chi connectivity index (χ3n) is 3.83. The van der Waals surface area contributed by atoms with Gasteiger partial charge in [0.1, 0.15) is 11.5 Å². The fourth-order valence-electron chi connectivity index (χ4n) is 2.58. The molecule has 1 aromatic heterocycles. The van der Waals surface area contributed by atoms with Crippen molar-refractivity contribution in [1.29, 1.82) is 0 Å². The number of amides is 1. The zero-order valence-corrected chi connectivity index (χ0v) is 14.7. The highest BCUT2D eigenvalue weighted by atomic mass is 16.1. The Morgan fingerprint density at radius 1 is 1.08 bits per heavy atom. The topological polar surface area (TPSA) is 58.1 Å². The van der Waals surface area contributed by atoms with Gasteiger partial charge in [-0.3, -0.25) is 4.79 Å². The van der Waals surface area contributed by atoms with E-state index in [0.29, 0.717) is 5.69 Å². The molecule has 1 aromatic carbocycles. The molecule has 1 atom stereocenters. The molecule has 2 rings (SSSR count). The van der Waals surface area contributed by atoms with Gasteiger partial charge in [0, 0.05) is 13.1 Å². The Bertz CT molecular complexity index is 622. The molecule has 0 bridgehead atoms. The first-order chi connectivity index (χ1) is 11.7. The summed E-state index contributed by atoms with van der Waals surface area (Å²) >= 11 is 0. The summed E-state index contributed by atoms with van der Waals surface area (Å²) in [5.74, 6) is 0.620. The van der Waals surface area contributed by atoms with Crippen molar-refractivity contribution in [2.45, 2.75) is 39.7 Å². The van der Waals surface area contributed by atoms with Crippen molar-refractivity contribution in [3.05, 3.63) is 54.0 Å². The van der Waals surface area contributed by atoms with Crippen LogP contribution in [-0.2, 0) is 0 Å². The van der Waals surface area contributed by atoms with Crippen LogP contribution in [0.2, 0.25) is 0 Å². The number of nitrogens with zero attached hydrogens (tertiary/aromatic N) is 3. The van der Waals surface area contributed by atoms with Crippen LogP contribution in [0.5, 0.6) is 0 Å². The zero-order chi connectivity index (χ0) is 17.4. The lowest BCUT2D eigenvalue weighted by Gasteiger charge is -2.22. The van der Waals surface area contributed by atoms with E-state index in [1.54, 1.807) is 12.4 Å². The highest BCUT2D eigenvalue weighted by molar-refractivity contribution is 5.92. The molecule has 5 nitrogen and oxygen atoms in total. The zero-order valence-electron chi connectivity index (χ0n) is 14.7. The van der Waals surface area contributed by atoms with E-state index in [-0.39, 0.29) is 11.9 Å². The van der Waals surface area contributed by atoms with Crippen molar-refractivity contribution < 1.29 is 4.79 Å². The van der Waals surface area contributed by atoms with Crippen molar-refractivity contribution in [1.82, 2.24) is 15.3 Å². The maximum absolute atomic E-state index is 12.3. The molecule has 1 heterocycles. The van der Waals surface area contributed by atoms with Gasteiger partial charge in [0.15, 0.2) is 0 Å². The van der Waals surface area contributed by atoms with E-state index >= 15 is 0 Å². The molecule has 1 unspecified atom stereocenters. The summed E-state index contributed by atoms with van der Waals surface area (Å²) in [7, 11) is 0. The van der Waals surface area contributed by atoms with Gasteiger partial charge in [-0.05, 0) is 25.3 Å². The molecule has 5 heteroatoms. The second-order valence-electron chi connectivity index (χ2n) is 5.85. The Hall–Kier alpha value is -2.43. The van der Waals surface area contributed by atoms with Gasteiger partial charge in [-0.15, -0.1) is 0 Å². The van der Waals surface area contributed by atoms with E-state index in [0.717, 1.165) is 37.3 Å². The maximum atomic E-state index is 12.3. The van der Waals surface area contributed by atoms with E-state index in [1.807, 2.05) is 37.3 Å². The van der Waals surface area contributed by atoms with Crippen LogP contribution in [0.4, 0.5) is 5.82 Å². The normalized spacial score (nSPS) is 11.8. The summed E-state index contributed by atoms with van der Waals surface area (Å²) in [6.45, 7) is 8.13. The number of aromatic nitrogens is 2. The highest BCUT2D eigenvalue weighted by Crippen LogP contribution is 2.13. The van der Waals surface area contributed by atoms with Gasteiger partial charge >= 0.3 is 0 Å². The minimum Gasteiger partial charge on any atom is -0.355 e. The second-order valence-corrected chi connectivity index (χ2v) is 5.85. The minimum absolute atomic E-state index is 0.0724. The van der Waals surface area contributed by atoms with Gasteiger partial charge in [0.05, 0.1) is 18.4 Å². The van der Waals surface area contributed by atoms with Gasteiger partial charge in [-0.1, -0.05) is 44.2 Å². The SMILES string of the molecule is CCCN(CCC)c1cnc(C(=O)NC(C)c2ccccc2)cn1. The summed E-state index contributed by atoms with van der Waals surface area (Å²) in [5, 5.41) is 2.96. The predicted octanol–water partition coefficient (Wildman–Crippen LogP) is 3.59. The van der Waals surface area contributed by atoms with Crippen LogP contribution in [-0.4, -0.2) is 29.0 Å². The molecule has 24 heavy (non-hydrogen) atoms. The largest absolute Gasteiger partial charge is 0.355 e. The molecule has 128 valence electrons. The molecule has 0 radical (unpaired) electrons. The maximum Gasteiger partial charge on any atom is 0.271 e. The molecule has 0 saturated heterocycles. The molecule has 0 aliphatic heterocycles. The van der Waals surface area contributed by atoms with Gasteiger partial charge < -0.3 is 10.2 Å². The molecule has 0 fully saturated rings. The highest BCUT2D eigenvalue weighted by Gasteiger charge is 2.14. The van der Waals surface area contributed by atoms with Gasteiger partial charge in [-0.25, -0.2) is 9.97 Å². The van der Waals surface area contributed by atoms with Crippen molar-refractivity contribution >= 4 is 11.7 Å². The third kappa shape index (κ3) is 4.78. The van der Waals surface area contributed by atoms with Crippen molar-refractivity contribution in [3.8, 4) is 0 Å². The number of benzene rings is 1. The predicted molar refractivity (Wildman–Crippen MR) is 97.2 cm³/mol. The average Bonchev–Trinajstić information content (AvgIpc) is 2.62. The molecule has 1 amide bonds. The number of hydrogen-bond acceptors (Lipinski definition) is 4. The fraction of sp³-hybridized carbons (Fsp3) is 0.421. The monoisotopic (exact) mass is 326 g/mol. The lowest BCUT2D eigenvalue weighted by molar-refractivity contribution is 0.0934. The molecule has 1 N–H and O–H groups in total. The molecular weight excluding hydrogens is 300 g/mol. The van der Waals surface area contributed by atoms with Gasteiger partial charge in [0.25, 0.3) is 5.91 Å². The lowest BCUT2D eigenvalue weighted by Crippen LogP contribution is -2.29. The van der Waals surface area contributed by atoms with Crippen LogP contribution in [0.1, 0.15) is 55.7 Å². The molecule has 0 aliphatic carbocycles. The van der Waals surface area contributed by atoms with Gasteiger partial charge in [0.2, 0.25) is 0 Å². The molecule has 0 saturated carbocycles. The van der Waals surface area contributed by atoms with Crippen LogP contribution in [0.15, 0.2) is 42.7 Å². The minimum atomic E-state index is -0.206. The summed E-state index contributed by atoms with van der Waals surface area (Å²) in [5.41, 5.74) is 1.40. The Morgan fingerprint density at radius 2 is 1.75 bits per heavy atom. The van der Waals surface area contributed by atoms with Crippen LogP contribution >= 0.6 is 0 Å². The summed E-state index contributed by atoms with van der Waals surface area (Å²) < 4.78 is 0. The molecular formula is C19H26N4O. The number of hydrogen-bond donors (Lipinski definition) is 1. The lowest BCUT2D eigenvalue weighted by atomic mass is 10.1. The smallest absolute Gasteiger partial charge is 0.271 e. The number of carbonyl (C=O) groups is 1. The van der Waals surface area contributed by atoms with Crippen molar-refractivity contribution in [2.75, 3.05) is 18.0 Å². The van der Waals surface area contributed by atoms with Crippen LogP contribution in [0.25, 0.3) is 0 Å². The Balaban J connectivity index is 2.02. The average molecular weight is 326 g/mol. The first-order valence-electron chi connectivity index (χ1n) is 8.58. The Labute approximate surface area is 144 Å². The van der Waals surface area contributed by atoms with Gasteiger partial charge in [-0.2, -0.15) is 0 Å². The number of nitrogens with one attached hydrogen (secondary N) is 1. The van der Waals surface area contributed by atoms with Crippen LogP contribution in [0.3, 0.4) is 0 Å². The second kappa shape index (κ2) is 9.01. The number of anilines is 1. The molecule has 0 aliphatic rings. The fourth-order valence-corrected chi connectivity index (χ4v) is 2.58. The third-order valence-corrected chi connectivity index (χ3v) is 3.83. The van der Waals surface area contributed by atoms with E-state index < -0.39 is 0 Å². The quantitative estimate of drug-likeness (QED) is 0.805. The Morgan fingerprint density at radius 3 is 2.29 bits per heavy atom. The first-order valence-corrected chi connectivity index (χ1v) is 8.58. The summed E-state index contributed by atoms with van der Waals surface area (Å²) in [4.78, 5) is 23.2. The number of carbonyl (C=O) groups excluding carboxylic acids is 1. The summed E-state index contributed by atoms with van der Waals surface area (Å²) in [6, 6.07) is 9.79.